The zero-order valence-electron chi connectivity index (χ0n) is 12.2. The molecule has 0 atom stereocenters. The van der Waals surface area contributed by atoms with Gasteiger partial charge < -0.3 is 5.32 Å². The van der Waals surface area contributed by atoms with Crippen molar-refractivity contribution in [2.24, 2.45) is 0 Å². The standard InChI is InChI=1S/C16H10ClN5O2/c17-9-5-7-10(8-6-9)18-14(23)13-15(24)22-12-4-2-1-3-11(12)19-16(22)21-20-13/h1-8H,(H,18,23)(H,19,21). The molecule has 0 fully saturated rings. The van der Waals surface area contributed by atoms with Crippen LogP contribution in [0.5, 0.6) is 0 Å². The molecule has 2 aromatic heterocycles. The van der Waals surface area contributed by atoms with E-state index in [0.29, 0.717) is 21.7 Å². The van der Waals surface area contributed by atoms with Crippen LogP contribution in [0.4, 0.5) is 5.69 Å². The number of benzene rings is 2. The number of hydrogen-bond acceptors (Lipinski definition) is 4. The molecular formula is C16H10ClN5O2. The normalized spacial score (nSPS) is 11.0. The number of halogens is 1. The number of H-pyrrole nitrogens is 1. The van der Waals surface area contributed by atoms with Gasteiger partial charge in [0.1, 0.15) is 0 Å². The van der Waals surface area contributed by atoms with Crippen molar-refractivity contribution in [2.75, 3.05) is 5.32 Å². The van der Waals surface area contributed by atoms with E-state index >= 15 is 0 Å². The highest BCUT2D eigenvalue weighted by Crippen LogP contribution is 2.15. The fourth-order valence-corrected chi connectivity index (χ4v) is 2.56. The maximum atomic E-state index is 12.6. The Bertz CT molecular complexity index is 1130. The average molecular weight is 340 g/mol. The predicted molar refractivity (Wildman–Crippen MR) is 90.5 cm³/mol. The van der Waals surface area contributed by atoms with Crippen molar-refractivity contribution in [1.29, 1.82) is 0 Å². The first-order valence-electron chi connectivity index (χ1n) is 7.06. The van der Waals surface area contributed by atoms with Gasteiger partial charge >= 0.3 is 0 Å². The minimum Gasteiger partial charge on any atom is -0.320 e. The monoisotopic (exact) mass is 339 g/mol. The molecule has 0 unspecified atom stereocenters. The number of fused-ring (bicyclic) bond motifs is 3. The van der Waals surface area contributed by atoms with Crippen molar-refractivity contribution in [3.05, 3.63) is 69.6 Å². The van der Waals surface area contributed by atoms with Gasteiger partial charge in [0.2, 0.25) is 11.5 Å². The number of para-hydroxylation sites is 2. The van der Waals surface area contributed by atoms with Crippen LogP contribution in [0.3, 0.4) is 0 Å². The van der Waals surface area contributed by atoms with Gasteiger partial charge in [-0.05, 0) is 36.4 Å². The SMILES string of the molecule is O=C(Nc1ccc(Cl)cc1)c1n[nH]c2nc3ccccc3n2c1=O. The molecule has 7 nitrogen and oxygen atoms in total. The van der Waals surface area contributed by atoms with Crippen LogP contribution in [0.1, 0.15) is 10.5 Å². The molecule has 4 aromatic rings. The van der Waals surface area contributed by atoms with Crippen molar-refractivity contribution >= 4 is 40.0 Å². The summed E-state index contributed by atoms with van der Waals surface area (Å²) in [6, 6.07) is 13.7. The number of carbonyl (C=O) groups is 1. The van der Waals surface area contributed by atoms with Crippen molar-refractivity contribution in [1.82, 2.24) is 19.6 Å². The molecule has 0 spiro atoms. The Morgan fingerprint density at radius 3 is 2.67 bits per heavy atom. The Kier molecular flexibility index (Phi) is 3.28. The number of carbonyl (C=O) groups excluding carboxylic acids is 1. The van der Waals surface area contributed by atoms with E-state index in [0.717, 1.165) is 0 Å². The van der Waals surface area contributed by atoms with Gasteiger partial charge in [-0.1, -0.05) is 23.7 Å². The van der Waals surface area contributed by atoms with E-state index in [1.807, 2.05) is 6.07 Å². The second-order valence-corrected chi connectivity index (χ2v) is 5.53. The van der Waals surface area contributed by atoms with E-state index in [2.05, 4.69) is 20.5 Å². The summed E-state index contributed by atoms with van der Waals surface area (Å²) < 4.78 is 1.33. The van der Waals surface area contributed by atoms with E-state index in [4.69, 9.17) is 11.6 Å². The van der Waals surface area contributed by atoms with Crippen LogP contribution in [0.25, 0.3) is 16.8 Å². The molecule has 0 saturated heterocycles. The highest BCUT2D eigenvalue weighted by molar-refractivity contribution is 6.30. The maximum absolute atomic E-state index is 12.6. The van der Waals surface area contributed by atoms with Crippen molar-refractivity contribution in [3.8, 4) is 0 Å². The van der Waals surface area contributed by atoms with Crippen LogP contribution in [0.15, 0.2) is 53.3 Å². The van der Waals surface area contributed by atoms with Crippen molar-refractivity contribution < 1.29 is 4.79 Å². The quantitative estimate of drug-likeness (QED) is 0.587. The van der Waals surface area contributed by atoms with Gasteiger partial charge in [-0.15, -0.1) is 0 Å². The molecule has 2 heterocycles. The first kappa shape index (κ1) is 14.4. The van der Waals surface area contributed by atoms with Crippen LogP contribution in [-0.2, 0) is 0 Å². The minimum absolute atomic E-state index is 0.249. The van der Waals surface area contributed by atoms with Crippen LogP contribution >= 0.6 is 11.6 Å². The highest BCUT2D eigenvalue weighted by atomic mass is 35.5. The van der Waals surface area contributed by atoms with Gasteiger partial charge in [0, 0.05) is 10.7 Å². The Balaban J connectivity index is 1.80. The van der Waals surface area contributed by atoms with Crippen LogP contribution < -0.4 is 10.9 Å². The third-order valence-electron chi connectivity index (χ3n) is 3.55. The molecular weight excluding hydrogens is 330 g/mol. The molecule has 8 heteroatoms. The number of nitrogens with one attached hydrogen (secondary N) is 2. The lowest BCUT2D eigenvalue weighted by Crippen LogP contribution is -2.28. The van der Waals surface area contributed by atoms with Gasteiger partial charge in [0.25, 0.3) is 11.5 Å². The van der Waals surface area contributed by atoms with Gasteiger partial charge in [-0.2, -0.15) is 5.10 Å². The number of nitrogens with zero attached hydrogens (tertiary/aromatic N) is 3. The summed E-state index contributed by atoms with van der Waals surface area (Å²) in [7, 11) is 0. The maximum Gasteiger partial charge on any atom is 0.291 e. The molecule has 1 amide bonds. The molecule has 0 radical (unpaired) electrons. The van der Waals surface area contributed by atoms with Crippen LogP contribution in [0, 0.1) is 0 Å². The third kappa shape index (κ3) is 2.31. The first-order chi connectivity index (χ1) is 11.6. The lowest BCUT2D eigenvalue weighted by molar-refractivity contribution is 0.101. The Morgan fingerprint density at radius 2 is 1.88 bits per heavy atom. The number of anilines is 1. The summed E-state index contributed by atoms with van der Waals surface area (Å²) in [4.78, 5) is 29.3. The smallest absolute Gasteiger partial charge is 0.291 e. The molecule has 0 saturated carbocycles. The highest BCUT2D eigenvalue weighted by Gasteiger charge is 2.17. The summed E-state index contributed by atoms with van der Waals surface area (Å²) in [5.74, 6) is -0.331. The summed E-state index contributed by atoms with van der Waals surface area (Å²) in [5, 5.41) is 9.67. The molecule has 2 aromatic carbocycles. The summed E-state index contributed by atoms with van der Waals surface area (Å²) >= 11 is 5.81. The Labute approximate surface area is 139 Å². The first-order valence-corrected chi connectivity index (χ1v) is 7.44. The van der Waals surface area contributed by atoms with Crippen LogP contribution in [0.2, 0.25) is 5.02 Å². The number of aromatic amines is 1. The number of imidazole rings is 1. The van der Waals surface area contributed by atoms with Crippen molar-refractivity contribution in [2.45, 2.75) is 0 Å². The fourth-order valence-electron chi connectivity index (χ4n) is 2.44. The second-order valence-electron chi connectivity index (χ2n) is 5.10. The minimum atomic E-state index is -0.613. The number of hydrogen-bond donors (Lipinski definition) is 2. The Morgan fingerprint density at radius 1 is 1.12 bits per heavy atom. The average Bonchev–Trinajstić information content (AvgIpc) is 2.96. The largest absolute Gasteiger partial charge is 0.320 e. The molecule has 2 N–H and O–H groups in total. The molecule has 118 valence electrons. The molecule has 24 heavy (non-hydrogen) atoms. The molecule has 0 bridgehead atoms. The molecule has 0 aliphatic rings. The lowest BCUT2D eigenvalue weighted by atomic mass is 10.3. The van der Waals surface area contributed by atoms with Gasteiger partial charge in [-0.3, -0.25) is 9.59 Å². The summed E-state index contributed by atoms with van der Waals surface area (Å²) in [5.41, 5.74) is 0.977. The van der Waals surface area contributed by atoms with E-state index in [9.17, 15) is 9.59 Å². The summed E-state index contributed by atoms with van der Waals surface area (Å²) in [6.07, 6.45) is 0. The fraction of sp³-hybridized carbons (Fsp3) is 0. The van der Waals surface area contributed by atoms with E-state index < -0.39 is 11.5 Å². The van der Waals surface area contributed by atoms with Gasteiger partial charge in [-0.25, -0.2) is 14.5 Å². The molecule has 0 aliphatic heterocycles. The topological polar surface area (TPSA) is 92.2 Å². The molecule has 0 aliphatic carbocycles. The van der Waals surface area contributed by atoms with E-state index in [1.165, 1.54) is 4.40 Å². The molecule has 4 rings (SSSR count). The number of aromatic nitrogens is 4. The number of rotatable bonds is 2. The van der Waals surface area contributed by atoms with E-state index in [1.54, 1.807) is 42.5 Å². The van der Waals surface area contributed by atoms with Gasteiger partial charge in [0.05, 0.1) is 11.0 Å². The number of amides is 1. The predicted octanol–water partition coefficient (Wildman–Crippen LogP) is 2.48. The lowest BCUT2D eigenvalue weighted by Gasteiger charge is -2.04. The second kappa shape index (κ2) is 5.47. The zero-order chi connectivity index (χ0) is 16.7. The summed E-state index contributed by atoms with van der Waals surface area (Å²) in [6.45, 7) is 0. The zero-order valence-corrected chi connectivity index (χ0v) is 12.9. The van der Waals surface area contributed by atoms with Gasteiger partial charge in [0.15, 0.2) is 0 Å². The van der Waals surface area contributed by atoms with E-state index in [-0.39, 0.29) is 11.5 Å². The third-order valence-corrected chi connectivity index (χ3v) is 3.80. The van der Waals surface area contributed by atoms with Crippen LogP contribution in [-0.4, -0.2) is 25.5 Å². The Hall–Kier alpha value is -3.19. The van der Waals surface area contributed by atoms with Crippen molar-refractivity contribution in [3.63, 3.8) is 0 Å².